The topological polar surface area (TPSA) is 38.9 Å². The van der Waals surface area contributed by atoms with Crippen LogP contribution in [0.5, 0.6) is 0 Å². The van der Waals surface area contributed by atoms with Crippen LogP contribution in [0.25, 0.3) is 21.7 Å². The van der Waals surface area contributed by atoms with Crippen molar-refractivity contribution in [2.24, 2.45) is 5.73 Å². The van der Waals surface area contributed by atoms with Gasteiger partial charge in [0, 0.05) is 10.8 Å². The number of aromatic nitrogens is 1. The van der Waals surface area contributed by atoms with Crippen LogP contribution in [0.4, 0.5) is 0 Å². The van der Waals surface area contributed by atoms with Gasteiger partial charge in [-0.15, -0.1) is 0 Å². The molecule has 3 aromatic rings. The van der Waals surface area contributed by atoms with Gasteiger partial charge in [0.15, 0.2) is 0 Å². The van der Waals surface area contributed by atoms with Crippen molar-refractivity contribution in [3.8, 4) is 0 Å². The highest BCUT2D eigenvalue weighted by atomic mass is 14.8. The molecular weight excluding hydrogens is 196 g/mol. The number of pyridine rings is 1. The highest BCUT2D eigenvalue weighted by molar-refractivity contribution is 6.11. The zero-order valence-corrected chi connectivity index (χ0v) is 8.64. The first-order chi connectivity index (χ1) is 7.86. The average Bonchev–Trinajstić information content (AvgIpc) is 2.35. The zero-order chi connectivity index (χ0) is 10.7. The third-order valence-electron chi connectivity index (χ3n) is 3.42. The van der Waals surface area contributed by atoms with Crippen LogP contribution in [-0.4, -0.2) is 4.98 Å². The van der Waals surface area contributed by atoms with E-state index in [-0.39, 0.29) is 6.04 Å². The number of nitrogens with zero attached hydrogens (tertiary/aromatic N) is 1. The Morgan fingerprint density at radius 1 is 0.938 bits per heavy atom. The molecule has 5 rings (SSSR count). The van der Waals surface area contributed by atoms with Crippen molar-refractivity contribution in [1.82, 2.24) is 4.98 Å². The van der Waals surface area contributed by atoms with Gasteiger partial charge in [0.2, 0.25) is 0 Å². The van der Waals surface area contributed by atoms with Crippen molar-refractivity contribution in [2.45, 2.75) is 6.04 Å². The SMILES string of the molecule is NC1c2nc3cccc1c3c1ccccc21. The predicted molar refractivity (Wildman–Crippen MR) is 65.3 cm³/mol. The van der Waals surface area contributed by atoms with Gasteiger partial charge in [-0.2, -0.15) is 0 Å². The van der Waals surface area contributed by atoms with E-state index in [2.05, 4.69) is 35.3 Å². The van der Waals surface area contributed by atoms with Crippen LogP contribution in [0.2, 0.25) is 0 Å². The zero-order valence-electron chi connectivity index (χ0n) is 8.64. The summed E-state index contributed by atoms with van der Waals surface area (Å²) in [4.78, 5) is 4.64. The monoisotopic (exact) mass is 206 g/mol. The molecule has 0 radical (unpaired) electrons. The second-order valence-corrected chi connectivity index (χ2v) is 4.26. The maximum atomic E-state index is 6.22. The van der Waals surface area contributed by atoms with Crippen LogP contribution in [0.1, 0.15) is 17.3 Å². The first-order valence-electron chi connectivity index (χ1n) is 5.43. The van der Waals surface area contributed by atoms with Crippen LogP contribution < -0.4 is 5.73 Å². The summed E-state index contributed by atoms with van der Waals surface area (Å²) in [5.41, 5.74) is 9.50. The van der Waals surface area contributed by atoms with E-state index >= 15 is 0 Å². The molecule has 4 bridgehead atoms. The van der Waals surface area contributed by atoms with Gasteiger partial charge in [-0.25, -0.2) is 0 Å². The van der Waals surface area contributed by atoms with Gasteiger partial charge in [-0.1, -0.05) is 36.4 Å². The summed E-state index contributed by atoms with van der Waals surface area (Å²) in [6.45, 7) is 0. The molecule has 0 fully saturated rings. The number of nitrogens with two attached hydrogens (primary N) is 1. The van der Waals surface area contributed by atoms with Crippen LogP contribution in [-0.2, 0) is 0 Å². The van der Waals surface area contributed by atoms with E-state index in [4.69, 9.17) is 5.73 Å². The van der Waals surface area contributed by atoms with E-state index in [0.717, 1.165) is 11.2 Å². The molecule has 0 saturated heterocycles. The molecule has 16 heavy (non-hydrogen) atoms. The third kappa shape index (κ3) is 0.797. The van der Waals surface area contributed by atoms with Crippen molar-refractivity contribution in [3.63, 3.8) is 0 Å². The highest BCUT2D eigenvalue weighted by Gasteiger charge is 2.24. The summed E-state index contributed by atoms with van der Waals surface area (Å²) in [6.07, 6.45) is 0. The summed E-state index contributed by atoms with van der Waals surface area (Å²) in [6, 6.07) is 14.5. The molecule has 1 unspecified atom stereocenters. The lowest BCUT2D eigenvalue weighted by Gasteiger charge is -2.24. The van der Waals surface area contributed by atoms with E-state index < -0.39 is 0 Å². The Bertz CT molecular complexity index is 731. The molecule has 2 aromatic carbocycles. The fourth-order valence-electron chi connectivity index (χ4n) is 2.70. The minimum absolute atomic E-state index is 0.0569. The molecule has 0 spiro atoms. The van der Waals surface area contributed by atoms with Crippen LogP contribution in [0.15, 0.2) is 42.5 Å². The van der Waals surface area contributed by atoms with Crippen molar-refractivity contribution in [1.29, 1.82) is 0 Å². The molecular formula is C14H10N2. The van der Waals surface area contributed by atoms with Crippen molar-refractivity contribution >= 4 is 21.7 Å². The van der Waals surface area contributed by atoms with Crippen LogP contribution in [0.3, 0.4) is 0 Å². The van der Waals surface area contributed by atoms with Crippen LogP contribution in [0, 0.1) is 0 Å². The number of rotatable bonds is 0. The van der Waals surface area contributed by atoms with Crippen molar-refractivity contribution in [3.05, 3.63) is 53.7 Å². The van der Waals surface area contributed by atoms with Gasteiger partial charge in [0.25, 0.3) is 0 Å². The Kier molecular flexibility index (Phi) is 1.34. The fourth-order valence-corrected chi connectivity index (χ4v) is 2.70. The van der Waals surface area contributed by atoms with Gasteiger partial charge in [-0.3, -0.25) is 4.98 Å². The van der Waals surface area contributed by atoms with E-state index in [1.165, 1.54) is 21.7 Å². The number of hydrogen-bond donors (Lipinski definition) is 1. The Balaban J connectivity index is 2.42. The molecule has 0 saturated carbocycles. The second-order valence-electron chi connectivity index (χ2n) is 4.26. The molecule has 2 heteroatoms. The molecule has 2 aliphatic rings. The maximum absolute atomic E-state index is 6.22. The van der Waals surface area contributed by atoms with Gasteiger partial charge in [0.1, 0.15) is 0 Å². The predicted octanol–water partition coefficient (Wildman–Crippen LogP) is 2.75. The van der Waals surface area contributed by atoms with Crippen molar-refractivity contribution in [2.75, 3.05) is 0 Å². The lowest BCUT2D eigenvalue weighted by atomic mass is 9.87. The number of benzene rings is 2. The normalized spacial score (nSPS) is 17.7. The molecule has 0 amide bonds. The Hall–Kier alpha value is -1.93. The van der Waals surface area contributed by atoms with Crippen molar-refractivity contribution < 1.29 is 0 Å². The van der Waals surface area contributed by atoms with Gasteiger partial charge >= 0.3 is 0 Å². The van der Waals surface area contributed by atoms with Gasteiger partial charge in [-0.05, 0) is 17.0 Å². The Labute approximate surface area is 92.7 Å². The minimum atomic E-state index is -0.0569. The smallest absolute Gasteiger partial charge is 0.0739 e. The molecule has 76 valence electrons. The first-order valence-corrected chi connectivity index (χ1v) is 5.43. The molecule has 1 aromatic heterocycles. The molecule has 1 atom stereocenters. The fraction of sp³-hybridized carbons (Fsp3) is 0.0714. The van der Waals surface area contributed by atoms with Crippen LogP contribution >= 0.6 is 0 Å². The van der Waals surface area contributed by atoms with E-state index in [0.29, 0.717) is 0 Å². The lowest BCUT2D eigenvalue weighted by molar-refractivity contribution is 0.841. The van der Waals surface area contributed by atoms with E-state index in [1.807, 2.05) is 12.1 Å². The molecule has 2 N–H and O–H groups in total. The largest absolute Gasteiger partial charge is 0.319 e. The van der Waals surface area contributed by atoms with E-state index in [9.17, 15) is 0 Å². The standard InChI is InChI=1S/C14H10N2/c15-13-10-6-3-7-11-12(10)8-4-1-2-5-9(8)14(13)16-11/h1-7,13H,15H2. The summed E-state index contributed by atoms with van der Waals surface area (Å²) in [7, 11) is 0. The average molecular weight is 206 g/mol. The summed E-state index contributed by atoms with van der Waals surface area (Å²) >= 11 is 0. The second kappa shape index (κ2) is 2.60. The first kappa shape index (κ1) is 8.25. The molecule has 1 aliphatic heterocycles. The molecule has 2 nitrogen and oxygen atoms in total. The summed E-state index contributed by atoms with van der Waals surface area (Å²) in [5, 5.41) is 3.70. The molecule has 1 aliphatic carbocycles. The minimum Gasteiger partial charge on any atom is -0.319 e. The summed E-state index contributed by atoms with van der Waals surface area (Å²) in [5.74, 6) is 0. The summed E-state index contributed by atoms with van der Waals surface area (Å²) < 4.78 is 0. The number of hydrogen-bond acceptors (Lipinski definition) is 2. The Morgan fingerprint density at radius 3 is 2.62 bits per heavy atom. The highest BCUT2D eigenvalue weighted by Crippen LogP contribution is 2.40. The maximum Gasteiger partial charge on any atom is 0.0739 e. The molecule has 2 heterocycles. The quantitative estimate of drug-likeness (QED) is 0.574. The van der Waals surface area contributed by atoms with E-state index in [1.54, 1.807) is 0 Å². The third-order valence-corrected chi connectivity index (χ3v) is 3.42. The van der Waals surface area contributed by atoms with Gasteiger partial charge < -0.3 is 5.73 Å². The lowest BCUT2D eigenvalue weighted by Crippen LogP contribution is -2.19. The van der Waals surface area contributed by atoms with Gasteiger partial charge in [0.05, 0.1) is 17.3 Å². The Morgan fingerprint density at radius 2 is 1.75 bits per heavy atom.